The summed E-state index contributed by atoms with van der Waals surface area (Å²) in [6.07, 6.45) is 1.58. The summed E-state index contributed by atoms with van der Waals surface area (Å²) < 4.78 is 22.1. The molecule has 0 unspecified atom stereocenters. The molecule has 0 aromatic heterocycles. The van der Waals surface area contributed by atoms with Crippen molar-refractivity contribution >= 4 is 35.1 Å². The number of ether oxygens (including phenoxy) is 4. The van der Waals surface area contributed by atoms with Gasteiger partial charge in [0.25, 0.3) is 0 Å². The molecule has 2 rings (SSSR count). The van der Waals surface area contributed by atoms with Crippen molar-refractivity contribution in [2.24, 2.45) is 5.10 Å². The highest BCUT2D eigenvalue weighted by Crippen LogP contribution is 2.36. The molecule has 0 fully saturated rings. The molecule has 9 heteroatoms. The molecule has 0 saturated carbocycles. The Balaban J connectivity index is 1.98. The lowest BCUT2D eigenvalue weighted by Gasteiger charge is -2.14. The average Bonchev–Trinajstić information content (AvgIpc) is 2.72. The van der Waals surface area contributed by atoms with Gasteiger partial charge in [0.2, 0.25) is 0 Å². The lowest BCUT2D eigenvalue weighted by atomic mass is 10.2. The smallest absolute Gasteiger partial charge is 0.186 e. The van der Waals surface area contributed by atoms with E-state index in [1.165, 1.54) is 0 Å². The van der Waals surface area contributed by atoms with Crippen molar-refractivity contribution in [2.75, 3.05) is 34.5 Å². The summed E-state index contributed by atoms with van der Waals surface area (Å²) in [5, 5.41) is 7.58. The van der Waals surface area contributed by atoms with Gasteiger partial charge in [-0.1, -0.05) is 23.7 Å². The van der Waals surface area contributed by atoms with Crippen LogP contribution in [0.4, 0.5) is 0 Å². The third kappa shape index (κ3) is 6.17. The van der Waals surface area contributed by atoms with Gasteiger partial charge in [0, 0.05) is 7.05 Å². The van der Waals surface area contributed by atoms with Crippen LogP contribution < -0.4 is 29.7 Å². The first-order valence-electron chi connectivity index (χ1n) is 8.36. The molecular formula is C19H22ClN3O4S. The SMILES string of the molecule is CNC(=S)N/N=C\c1cc(Cl)c(OCCOc2ccccc2OC)c(OC)c1. The highest BCUT2D eigenvalue weighted by molar-refractivity contribution is 7.80. The number of hydrogen-bond acceptors (Lipinski definition) is 6. The minimum Gasteiger partial charge on any atom is -0.493 e. The van der Waals surface area contributed by atoms with E-state index in [1.807, 2.05) is 24.3 Å². The summed E-state index contributed by atoms with van der Waals surface area (Å²) in [5.74, 6) is 2.23. The Labute approximate surface area is 174 Å². The predicted molar refractivity (Wildman–Crippen MR) is 114 cm³/mol. The van der Waals surface area contributed by atoms with Crippen LogP contribution in [0.3, 0.4) is 0 Å². The molecule has 0 saturated heterocycles. The van der Waals surface area contributed by atoms with Crippen molar-refractivity contribution in [2.45, 2.75) is 0 Å². The highest BCUT2D eigenvalue weighted by Gasteiger charge is 2.12. The Kier molecular flexibility index (Phi) is 8.64. The molecule has 150 valence electrons. The van der Waals surface area contributed by atoms with Crippen molar-refractivity contribution in [3.05, 3.63) is 47.0 Å². The first-order chi connectivity index (χ1) is 13.6. The topological polar surface area (TPSA) is 73.3 Å². The zero-order valence-electron chi connectivity index (χ0n) is 15.8. The summed E-state index contributed by atoms with van der Waals surface area (Å²) >= 11 is 11.3. The molecule has 0 amide bonds. The molecule has 0 heterocycles. The van der Waals surface area contributed by atoms with E-state index in [0.717, 1.165) is 5.56 Å². The Hall–Kier alpha value is -2.71. The molecule has 0 atom stereocenters. The van der Waals surface area contributed by atoms with Gasteiger partial charge in [-0.2, -0.15) is 5.10 Å². The summed E-state index contributed by atoms with van der Waals surface area (Å²) in [6, 6.07) is 10.9. The quantitative estimate of drug-likeness (QED) is 0.277. The predicted octanol–water partition coefficient (Wildman–Crippen LogP) is 3.24. The highest BCUT2D eigenvalue weighted by atomic mass is 35.5. The molecule has 0 aliphatic rings. The standard InChI is InChI=1S/C19H22ClN3O4S/c1-21-19(28)23-22-12-13-10-14(20)18(17(11-13)25-3)27-9-8-26-16-7-5-4-6-15(16)24-2/h4-7,10-12H,8-9H2,1-3H3,(H2,21,23,28)/b22-12-. The Morgan fingerprint density at radius 1 is 1.07 bits per heavy atom. The van der Waals surface area contributed by atoms with Crippen LogP contribution >= 0.6 is 23.8 Å². The van der Waals surface area contributed by atoms with E-state index >= 15 is 0 Å². The molecule has 28 heavy (non-hydrogen) atoms. The molecule has 2 N–H and O–H groups in total. The molecule has 2 aromatic carbocycles. The fourth-order valence-electron chi connectivity index (χ4n) is 2.21. The van der Waals surface area contributed by atoms with Crippen LogP contribution in [0.5, 0.6) is 23.0 Å². The lowest BCUT2D eigenvalue weighted by molar-refractivity contribution is 0.206. The second-order valence-corrected chi connectivity index (χ2v) is 6.15. The number of hydrogen-bond donors (Lipinski definition) is 2. The number of nitrogens with one attached hydrogen (secondary N) is 2. The summed E-state index contributed by atoms with van der Waals surface area (Å²) in [6.45, 7) is 0.591. The first kappa shape index (κ1) is 21.6. The second kappa shape index (κ2) is 11.2. The molecule has 0 radical (unpaired) electrons. The number of halogens is 1. The Morgan fingerprint density at radius 2 is 1.75 bits per heavy atom. The van der Waals surface area contributed by atoms with Crippen LogP contribution in [0.1, 0.15) is 5.56 Å². The van der Waals surface area contributed by atoms with Crippen LogP contribution in [-0.4, -0.2) is 45.8 Å². The molecule has 0 bridgehead atoms. The average molecular weight is 424 g/mol. The van der Waals surface area contributed by atoms with E-state index in [1.54, 1.807) is 39.6 Å². The number of nitrogens with zero attached hydrogens (tertiary/aromatic N) is 1. The minimum absolute atomic E-state index is 0.277. The van der Waals surface area contributed by atoms with Gasteiger partial charge in [0.15, 0.2) is 28.1 Å². The zero-order valence-corrected chi connectivity index (χ0v) is 17.4. The number of thiocarbonyl (C=S) groups is 1. The van der Waals surface area contributed by atoms with Gasteiger partial charge in [-0.05, 0) is 42.0 Å². The Morgan fingerprint density at radius 3 is 2.43 bits per heavy atom. The van der Waals surface area contributed by atoms with E-state index in [2.05, 4.69) is 15.8 Å². The maximum atomic E-state index is 6.34. The van der Waals surface area contributed by atoms with Crippen molar-refractivity contribution < 1.29 is 18.9 Å². The summed E-state index contributed by atoms with van der Waals surface area (Å²) in [7, 11) is 4.84. The molecule has 2 aromatic rings. The molecule has 0 spiro atoms. The van der Waals surface area contributed by atoms with Crippen LogP contribution in [0, 0.1) is 0 Å². The van der Waals surface area contributed by atoms with E-state index in [0.29, 0.717) is 39.7 Å². The normalized spacial score (nSPS) is 10.4. The number of hydrazone groups is 1. The lowest BCUT2D eigenvalue weighted by Crippen LogP contribution is -2.28. The van der Waals surface area contributed by atoms with Gasteiger partial charge in [0.05, 0.1) is 25.5 Å². The van der Waals surface area contributed by atoms with E-state index in [4.69, 9.17) is 42.8 Å². The van der Waals surface area contributed by atoms with Crippen molar-refractivity contribution in [1.29, 1.82) is 0 Å². The van der Waals surface area contributed by atoms with Crippen LogP contribution in [0.2, 0.25) is 5.02 Å². The molecule has 0 aliphatic heterocycles. The maximum absolute atomic E-state index is 6.34. The van der Waals surface area contributed by atoms with Gasteiger partial charge in [0.1, 0.15) is 13.2 Å². The fourth-order valence-corrected chi connectivity index (χ4v) is 2.54. The molecule has 0 aliphatic carbocycles. The van der Waals surface area contributed by atoms with E-state index < -0.39 is 0 Å². The van der Waals surface area contributed by atoms with Gasteiger partial charge >= 0.3 is 0 Å². The van der Waals surface area contributed by atoms with Crippen LogP contribution in [-0.2, 0) is 0 Å². The molecular weight excluding hydrogens is 402 g/mol. The third-order valence-electron chi connectivity index (χ3n) is 3.51. The van der Waals surface area contributed by atoms with E-state index in [9.17, 15) is 0 Å². The number of methoxy groups -OCH3 is 2. The van der Waals surface area contributed by atoms with Crippen molar-refractivity contribution in [1.82, 2.24) is 10.7 Å². The number of benzene rings is 2. The number of para-hydroxylation sites is 2. The fraction of sp³-hybridized carbons (Fsp3) is 0.263. The van der Waals surface area contributed by atoms with Gasteiger partial charge in [-0.25, -0.2) is 0 Å². The van der Waals surface area contributed by atoms with Gasteiger partial charge < -0.3 is 24.3 Å². The van der Waals surface area contributed by atoms with Crippen LogP contribution in [0.25, 0.3) is 0 Å². The first-order valence-corrected chi connectivity index (χ1v) is 9.14. The third-order valence-corrected chi connectivity index (χ3v) is 4.09. The van der Waals surface area contributed by atoms with Gasteiger partial charge in [-0.15, -0.1) is 0 Å². The number of rotatable bonds is 9. The largest absolute Gasteiger partial charge is 0.493 e. The van der Waals surface area contributed by atoms with Crippen LogP contribution in [0.15, 0.2) is 41.5 Å². The monoisotopic (exact) mass is 423 g/mol. The summed E-state index contributed by atoms with van der Waals surface area (Å²) in [5.41, 5.74) is 3.39. The zero-order chi connectivity index (χ0) is 20.4. The summed E-state index contributed by atoms with van der Waals surface area (Å²) in [4.78, 5) is 0. The maximum Gasteiger partial charge on any atom is 0.186 e. The van der Waals surface area contributed by atoms with E-state index in [-0.39, 0.29) is 6.61 Å². The van der Waals surface area contributed by atoms with Gasteiger partial charge in [-0.3, -0.25) is 5.43 Å². The second-order valence-electron chi connectivity index (χ2n) is 5.33. The van der Waals surface area contributed by atoms with Crippen molar-refractivity contribution in [3.8, 4) is 23.0 Å². The minimum atomic E-state index is 0.277. The molecule has 7 nitrogen and oxygen atoms in total. The van der Waals surface area contributed by atoms with Crippen molar-refractivity contribution in [3.63, 3.8) is 0 Å². The Bertz CT molecular complexity index is 833.